The molecule has 2 nitrogen and oxygen atoms in total. The first-order valence-corrected chi connectivity index (χ1v) is 9.98. The SMILES string of the molecule is C[Si](C)(C)Oc1ccc(C2CCCCN2)cc1. The molecule has 0 radical (unpaired) electrons. The van der Waals surface area contributed by atoms with Crippen LogP contribution in [0.3, 0.4) is 0 Å². The summed E-state index contributed by atoms with van der Waals surface area (Å²) in [5.41, 5.74) is 1.40. The van der Waals surface area contributed by atoms with Crippen LogP contribution >= 0.6 is 0 Å². The zero-order chi connectivity index (χ0) is 12.3. The highest BCUT2D eigenvalue weighted by Crippen LogP contribution is 2.25. The van der Waals surface area contributed by atoms with E-state index in [4.69, 9.17) is 4.43 Å². The maximum atomic E-state index is 5.96. The monoisotopic (exact) mass is 249 g/mol. The summed E-state index contributed by atoms with van der Waals surface area (Å²) in [6.07, 6.45) is 3.91. The third-order valence-corrected chi connectivity index (χ3v) is 3.86. The lowest BCUT2D eigenvalue weighted by molar-refractivity contribution is 0.412. The quantitative estimate of drug-likeness (QED) is 0.825. The number of rotatable bonds is 3. The first kappa shape index (κ1) is 12.6. The molecule has 1 saturated heterocycles. The Balaban J connectivity index is 2.02. The summed E-state index contributed by atoms with van der Waals surface area (Å²) in [6, 6.07) is 9.19. The molecule has 2 rings (SSSR count). The van der Waals surface area contributed by atoms with Crippen molar-refractivity contribution < 1.29 is 4.43 Å². The molecule has 1 unspecified atom stereocenters. The van der Waals surface area contributed by atoms with Crippen molar-refractivity contribution in [3.05, 3.63) is 29.8 Å². The second-order valence-corrected chi connectivity index (χ2v) is 10.2. The standard InChI is InChI=1S/C14H23NOSi/c1-17(2,3)16-13-9-7-12(8-10-13)14-6-4-5-11-15-14/h7-10,14-15H,4-6,11H2,1-3H3. The van der Waals surface area contributed by atoms with Crippen LogP contribution in [0.4, 0.5) is 0 Å². The van der Waals surface area contributed by atoms with Crippen LogP contribution in [-0.2, 0) is 0 Å². The Labute approximate surface area is 106 Å². The molecule has 0 aliphatic carbocycles. The molecule has 17 heavy (non-hydrogen) atoms. The predicted molar refractivity (Wildman–Crippen MR) is 75.0 cm³/mol. The van der Waals surface area contributed by atoms with Crippen molar-refractivity contribution in [2.45, 2.75) is 44.9 Å². The van der Waals surface area contributed by atoms with E-state index in [9.17, 15) is 0 Å². The Morgan fingerprint density at radius 3 is 2.35 bits per heavy atom. The van der Waals surface area contributed by atoms with Crippen molar-refractivity contribution in [2.75, 3.05) is 6.54 Å². The van der Waals surface area contributed by atoms with E-state index in [1.807, 2.05) is 0 Å². The van der Waals surface area contributed by atoms with Gasteiger partial charge in [0.25, 0.3) is 0 Å². The van der Waals surface area contributed by atoms with Crippen molar-refractivity contribution in [1.29, 1.82) is 0 Å². The van der Waals surface area contributed by atoms with Gasteiger partial charge < -0.3 is 9.74 Å². The summed E-state index contributed by atoms with van der Waals surface area (Å²) in [4.78, 5) is 0. The van der Waals surface area contributed by atoms with Crippen molar-refractivity contribution in [1.82, 2.24) is 5.32 Å². The molecule has 1 fully saturated rings. The fourth-order valence-corrected chi connectivity index (χ4v) is 3.10. The number of nitrogens with one attached hydrogen (secondary N) is 1. The molecule has 1 N–H and O–H groups in total. The minimum atomic E-state index is -1.47. The first-order valence-electron chi connectivity index (χ1n) is 6.57. The van der Waals surface area contributed by atoms with Gasteiger partial charge in [0.1, 0.15) is 5.75 Å². The van der Waals surface area contributed by atoms with Gasteiger partial charge in [-0.05, 0) is 56.7 Å². The van der Waals surface area contributed by atoms with Crippen molar-refractivity contribution in [3.8, 4) is 5.75 Å². The molecule has 94 valence electrons. The van der Waals surface area contributed by atoms with E-state index in [0.29, 0.717) is 6.04 Å². The molecule has 0 bridgehead atoms. The normalized spacial score (nSPS) is 21.2. The molecule has 1 aromatic carbocycles. The van der Waals surface area contributed by atoms with E-state index < -0.39 is 8.32 Å². The number of hydrogen-bond acceptors (Lipinski definition) is 2. The molecule has 0 amide bonds. The molecule has 3 heteroatoms. The molecule has 0 spiro atoms. The smallest absolute Gasteiger partial charge is 0.242 e. The Hall–Kier alpha value is -0.803. The fourth-order valence-electron chi connectivity index (χ4n) is 2.26. The topological polar surface area (TPSA) is 21.3 Å². The van der Waals surface area contributed by atoms with Gasteiger partial charge in [-0.2, -0.15) is 0 Å². The van der Waals surface area contributed by atoms with E-state index in [2.05, 4.69) is 49.2 Å². The second-order valence-electron chi connectivity index (χ2n) is 5.79. The lowest BCUT2D eigenvalue weighted by Gasteiger charge is -2.24. The molecule has 0 aromatic heterocycles. The lowest BCUT2D eigenvalue weighted by atomic mass is 9.98. The van der Waals surface area contributed by atoms with E-state index >= 15 is 0 Å². The van der Waals surface area contributed by atoms with Crippen molar-refractivity contribution >= 4 is 8.32 Å². The highest BCUT2D eigenvalue weighted by Gasteiger charge is 2.17. The predicted octanol–water partition coefficient (Wildman–Crippen LogP) is 3.71. The Kier molecular flexibility index (Phi) is 3.89. The van der Waals surface area contributed by atoms with Gasteiger partial charge in [-0.1, -0.05) is 18.6 Å². The molecule has 1 aromatic rings. The van der Waals surface area contributed by atoms with Gasteiger partial charge in [-0.25, -0.2) is 0 Å². The zero-order valence-electron chi connectivity index (χ0n) is 11.1. The summed E-state index contributed by atoms with van der Waals surface area (Å²) in [5, 5.41) is 3.57. The molecular weight excluding hydrogens is 226 g/mol. The van der Waals surface area contributed by atoms with Crippen LogP contribution in [0.5, 0.6) is 5.75 Å². The third kappa shape index (κ3) is 3.86. The van der Waals surface area contributed by atoms with Gasteiger partial charge in [-0.15, -0.1) is 0 Å². The van der Waals surface area contributed by atoms with Crippen LogP contribution < -0.4 is 9.74 Å². The fraction of sp³-hybridized carbons (Fsp3) is 0.571. The molecule has 1 aliphatic heterocycles. The van der Waals surface area contributed by atoms with Crippen LogP contribution in [0.1, 0.15) is 30.9 Å². The number of piperidine rings is 1. The maximum absolute atomic E-state index is 5.96. The highest BCUT2D eigenvalue weighted by molar-refractivity contribution is 6.70. The first-order chi connectivity index (χ1) is 8.04. The van der Waals surface area contributed by atoms with Gasteiger partial charge in [0.15, 0.2) is 0 Å². The molecule has 0 saturated carbocycles. The summed E-state index contributed by atoms with van der Waals surface area (Å²) in [7, 11) is -1.47. The minimum absolute atomic E-state index is 0.546. The van der Waals surface area contributed by atoms with Crippen LogP contribution in [0.15, 0.2) is 24.3 Å². The van der Waals surface area contributed by atoms with Gasteiger partial charge in [0, 0.05) is 6.04 Å². The second kappa shape index (κ2) is 5.23. The van der Waals surface area contributed by atoms with Crippen LogP contribution in [-0.4, -0.2) is 14.9 Å². The third-order valence-electron chi connectivity index (χ3n) is 3.02. The van der Waals surface area contributed by atoms with Gasteiger partial charge in [-0.3, -0.25) is 0 Å². The van der Waals surface area contributed by atoms with Gasteiger partial charge >= 0.3 is 0 Å². The molecule has 1 atom stereocenters. The Morgan fingerprint density at radius 1 is 1.12 bits per heavy atom. The highest BCUT2D eigenvalue weighted by atomic mass is 28.4. The molecule has 1 aliphatic rings. The van der Waals surface area contributed by atoms with E-state index in [1.165, 1.54) is 24.8 Å². The van der Waals surface area contributed by atoms with Crippen LogP contribution in [0.2, 0.25) is 19.6 Å². The van der Waals surface area contributed by atoms with Crippen molar-refractivity contribution in [3.63, 3.8) is 0 Å². The average Bonchev–Trinajstić information content (AvgIpc) is 2.29. The van der Waals surface area contributed by atoms with E-state index in [-0.39, 0.29) is 0 Å². The van der Waals surface area contributed by atoms with E-state index in [0.717, 1.165) is 12.3 Å². The summed E-state index contributed by atoms with van der Waals surface area (Å²) < 4.78 is 5.96. The largest absolute Gasteiger partial charge is 0.544 e. The summed E-state index contributed by atoms with van der Waals surface area (Å²) in [6.45, 7) is 7.79. The Bertz CT molecular complexity index is 349. The summed E-state index contributed by atoms with van der Waals surface area (Å²) >= 11 is 0. The van der Waals surface area contributed by atoms with Crippen LogP contribution in [0.25, 0.3) is 0 Å². The number of hydrogen-bond donors (Lipinski definition) is 1. The summed E-state index contributed by atoms with van der Waals surface area (Å²) in [5.74, 6) is 1.02. The van der Waals surface area contributed by atoms with Crippen LogP contribution in [0, 0.1) is 0 Å². The van der Waals surface area contributed by atoms with Gasteiger partial charge in [0.05, 0.1) is 0 Å². The molecule has 1 heterocycles. The van der Waals surface area contributed by atoms with Gasteiger partial charge in [0.2, 0.25) is 8.32 Å². The average molecular weight is 249 g/mol. The lowest BCUT2D eigenvalue weighted by Crippen LogP contribution is -2.29. The zero-order valence-corrected chi connectivity index (χ0v) is 12.1. The molecular formula is C14H23NOSi. The number of benzene rings is 1. The Morgan fingerprint density at radius 2 is 1.82 bits per heavy atom. The van der Waals surface area contributed by atoms with Crippen molar-refractivity contribution in [2.24, 2.45) is 0 Å². The minimum Gasteiger partial charge on any atom is -0.544 e. The van der Waals surface area contributed by atoms with E-state index in [1.54, 1.807) is 0 Å². The maximum Gasteiger partial charge on any atom is 0.242 e.